The first-order valence-corrected chi connectivity index (χ1v) is 7.71. The molecule has 0 bridgehead atoms. The fourth-order valence-corrected chi connectivity index (χ4v) is 3.64. The third-order valence-electron chi connectivity index (χ3n) is 4.02. The number of nitrogens with one attached hydrogen (secondary N) is 1. The van der Waals surface area contributed by atoms with Crippen LogP contribution in [0.4, 0.5) is 0 Å². The molecule has 3 rings (SSSR count). The zero-order valence-electron chi connectivity index (χ0n) is 11.2. The van der Waals surface area contributed by atoms with Crippen LogP contribution in [0.5, 0.6) is 0 Å². The molecule has 2 aromatic carbocycles. The number of piperidine rings is 1. The number of hydrogen-bond donors (Lipinski definition) is 1. The van der Waals surface area contributed by atoms with Gasteiger partial charge in [-0.2, -0.15) is 0 Å². The molecular weight excluding hydrogens is 289 g/mol. The van der Waals surface area contributed by atoms with Crippen LogP contribution in [0.1, 0.15) is 29.4 Å². The van der Waals surface area contributed by atoms with Gasteiger partial charge in [-0.05, 0) is 48.2 Å². The van der Waals surface area contributed by atoms with E-state index in [-0.39, 0.29) is 0 Å². The highest BCUT2D eigenvalue weighted by atomic mass is 35.5. The highest BCUT2D eigenvalue weighted by molar-refractivity contribution is 6.34. The fourth-order valence-electron chi connectivity index (χ4n) is 3.10. The summed E-state index contributed by atoms with van der Waals surface area (Å²) in [5, 5.41) is 4.94. The summed E-state index contributed by atoms with van der Waals surface area (Å²) in [7, 11) is 0. The molecule has 1 fully saturated rings. The molecule has 1 saturated heterocycles. The van der Waals surface area contributed by atoms with E-state index in [2.05, 4.69) is 47.8 Å². The third-order valence-corrected chi connectivity index (χ3v) is 4.46. The molecule has 0 aromatic heterocycles. The Morgan fingerprint density at radius 2 is 1.55 bits per heavy atom. The van der Waals surface area contributed by atoms with E-state index >= 15 is 0 Å². The predicted octanol–water partition coefficient (Wildman–Crippen LogP) is 4.85. The van der Waals surface area contributed by atoms with E-state index < -0.39 is 0 Å². The summed E-state index contributed by atoms with van der Waals surface area (Å²) in [6, 6.07) is 16.6. The maximum Gasteiger partial charge on any atom is 0.0423 e. The minimum atomic E-state index is 0.467. The fraction of sp³-hybridized carbons (Fsp3) is 0.294. The molecule has 1 nitrogen and oxygen atoms in total. The average Bonchev–Trinajstić information content (AvgIpc) is 2.47. The van der Waals surface area contributed by atoms with Crippen LogP contribution in [0.3, 0.4) is 0 Å². The van der Waals surface area contributed by atoms with Gasteiger partial charge in [-0.15, -0.1) is 0 Å². The van der Waals surface area contributed by atoms with Crippen molar-refractivity contribution < 1.29 is 0 Å². The zero-order chi connectivity index (χ0) is 13.9. The monoisotopic (exact) mass is 305 g/mol. The lowest BCUT2D eigenvalue weighted by Crippen LogP contribution is -2.34. The van der Waals surface area contributed by atoms with Gasteiger partial charge in [-0.25, -0.2) is 0 Å². The number of rotatable bonds is 2. The molecule has 20 heavy (non-hydrogen) atoms. The summed E-state index contributed by atoms with van der Waals surface area (Å²) < 4.78 is 0. The third kappa shape index (κ3) is 3.01. The van der Waals surface area contributed by atoms with Crippen molar-refractivity contribution in [1.29, 1.82) is 0 Å². The molecule has 0 spiro atoms. The van der Waals surface area contributed by atoms with Gasteiger partial charge in [0, 0.05) is 22.5 Å². The molecule has 0 aliphatic carbocycles. The van der Waals surface area contributed by atoms with Crippen LogP contribution >= 0.6 is 23.2 Å². The lowest BCUT2D eigenvalue weighted by Gasteiger charge is -2.33. The first-order chi connectivity index (χ1) is 9.74. The highest BCUT2D eigenvalue weighted by Crippen LogP contribution is 2.38. The van der Waals surface area contributed by atoms with Crippen molar-refractivity contribution in [2.45, 2.75) is 18.3 Å². The topological polar surface area (TPSA) is 12.0 Å². The predicted molar refractivity (Wildman–Crippen MR) is 85.9 cm³/mol. The van der Waals surface area contributed by atoms with Crippen molar-refractivity contribution in [3.63, 3.8) is 0 Å². The molecule has 1 aliphatic heterocycles. The number of hydrogen-bond acceptors (Lipinski definition) is 1. The standard InChI is InChI=1S/C17H17Cl2N/c18-14-8-13(9-15(19)10-14)16-6-7-20-11-17(16)12-4-2-1-3-5-12/h1-5,8-10,16-17,20H,6-7,11H2. The highest BCUT2D eigenvalue weighted by Gasteiger charge is 2.27. The molecule has 2 aromatic rings. The Morgan fingerprint density at radius 1 is 0.850 bits per heavy atom. The Labute approximate surface area is 129 Å². The second-order valence-electron chi connectivity index (χ2n) is 5.32. The van der Waals surface area contributed by atoms with Crippen molar-refractivity contribution in [3.8, 4) is 0 Å². The molecule has 2 atom stereocenters. The smallest absolute Gasteiger partial charge is 0.0423 e. The summed E-state index contributed by atoms with van der Waals surface area (Å²) in [5.41, 5.74) is 2.62. The van der Waals surface area contributed by atoms with Crippen LogP contribution < -0.4 is 5.32 Å². The van der Waals surface area contributed by atoms with Crippen molar-refractivity contribution in [3.05, 3.63) is 69.7 Å². The van der Waals surface area contributed by atoms with Crippen LogP contribution in [0.25, 0.3) is 0 Å². The molecule has 2 unspecified atom stereocenters. The molecule has 1 aliphatic rings. The van der Waals surface area contributed by atoms with E-state index in [0.717, 1.165) is 29.6 Å². The van der Waals surface area contributed by atoms with Gasteiger partial charge >= 0.3 is 0 Å². The molecule has 3 heteroatoms. The van der Waals surface area contributed by atoms with Crippen LogP contribution in [0, 0.1) is 0 Å². The van der Waals surface area contributed by atoms with Crippen molar-refractivity contribution in [1.82, 2.24) is 5.32 Å². The van der Waals surface area contributed by atoms with Gasteiger partial charge in [0.05, 0.1) is 0 Å². The Bertz CT molecular complexity index is 563. The van der Waals surface area contributed by atoms with Crippen LogP contribution in [-0.2, 0) is 0 Å². The van der Waals surface area contributed by atoms with Gasteiger partial charge in [-0.1, -0.05) is 53.5 Å². The van der Waals surface area contributed by atoms with E-state index in [1.807, 2.05) is 0 Å². The molecule has 0 radical (unpaired) electrons. The van der Waals surface area contributed by atoms with Crippen LogP contribution in [0.15, 0.2) is 48.5 Å². The minimum absolute atomic E-state index is 0.467. The van der Waals surface area contributed by atoms with Crippen molar-refractivity contribution >= 4 is 23.2 Å². The Morgan fingerprint density at radius 3 is 2.25 bits per heavy atom. The van der Waals surface area contributed by atoms with Gasteiger partial charge in [0.1, 0.15) is 0 Å². The largest absolute Gasteiger partial charge is 0.316 e. The maximum atomic E-state index is 6.16. The van der Waals surface area contributed by atoms with E-state index in [1.165, 1.54) is 11.1 Å². The quantitative estimate of drug-likeness (QED) is 0.836. The SMILES string of the molecule is Clc1cc(Cl)cc(C2CCNCC2c2ccccc2)c1. The molecule has 0 amide bonds. The zero-order valence-corrected chi connectivity index (χ0v) is 12.7. The first kappa shape index (κ1) is 13.9. The second-order valence-corrected chi connectivity index (χ2v) is 6.19. The minimum Gasteiger partial charge on any atom is -0.316 e. The maximum absolute atomic E-state index is 6.16. The Kier molecular flexibility index (Phi) is 4.30. The van der Waals surface area contributed by atoms with Crippen molar-refractivity contribution in [2.24, 2.45) is 0 Å². The van der Waals surface area contributed by atoms with Gasteiger partial charge < -0.3 is 5.32 Å². The van der Waals surface area contributed by atoms with Crippen LogP contribution in [-0.4, -0.2) is 13.1 Å². The molecule has 1 heterocycles. The molecule has 0 saturated carbocycles. The lowest BCUT2D eigenvalue weighted by atomic mass is 9.77. The molecular formula is C17H17Cl2N. The summed E-state index contributed by atoms with van der Waals surface area (Å²) in [6.45, 7) is 2.04. The average molecular weight is 306 g/mol. The first-order valence-electron chi connectivity index (χ1n) is 6.95. The van der Waals surface area contributed by atoms with E-state index in [4.69, 9.17) is 23.2 Å². The molecule has 1 N–H and O–H groups in total. The Balaban J connectivity index is 1.96. The van der Waals surface area contributed by atoms with Gasteiger partial charge in [0.2, 0.25) is 0 Å². The van der Waals surface area contributed by atoms with Gasteiger partial charge in [-0.3, -0.25) is 0 Å². The van der Waals surface area contributed by atoms with E-state index in [9.17, 15) is 0 Å². The lowest BCUT2D eigenvalue weighted by molar-refractivity contribution is 0.404. The van der Waals surface area contributed by atoms with E-state index in [1.54, 1.807) is 6.07 Å². The van der Waals surface area contributed by atoms with Crippen LogP contribution in [0.2, 0.25) is 10.0 Å². The normalized spacial score (nSPS) is 22.7. The summed E-state index contributed by atoms with van der Waals surface area (Å²) >= 11 is 12.3. The second kappa shape index (κ2) is 6.17. The van der Waals surface area contributed by atoms with Gasteiger partial charge in [0.25, 0.3) is 0 Å². The van der Waals surface area contributed by atoms with E-state index in [0.29, 0.717) is 11.8 Å². The molecule has 104 valence electrons. The summed E-state index contributed by atoms with van der Waals surface area (Å²) in [6.07, 6.45) is 1.11. The Hall–Kier alpha value is -1.02. The van der Waals surface area contributed by atoms with Crippen molar-refractivity contribution in [2.75, 3.05) is 13.1 Å². The number of benzene rings is 2. The summed E-state index contributed by atoms with van der Waals surface area (Å²) in [4.78, 5) is 0. The number of halogens is 2. The summed E-state index contributed by atoms with van der Waals surface area (Å²) in [5.74, 6) is 0.939. The van der Waals surface area contributed by atoms with Gasteiger partial charge in [0.15, 0.2) is 0 Å².